The summed E-state index contributed by atoms with van der Waals surface area (Å²) in [4.78, 5) is 14.4. The maximum absolute atomic E-state index is 12.4. The first-order valence-corrected chi connectivity index (χ1v) is 4.63. The Morgan fingerprint density at radius 3 is 2.81 bits per heavy atom. The summed E-state index contributed by atoms with van der Waals surface area (Å²) >= 11 is 5.73. The predicted molar refractivity (Wildman–Crippen MR) is 54.3 cm³/mol. The molecular formula is C9H9ClF2N2O2. The van der Waals surface area contributed by atoms with E-state index in [-0.39, 0.29) is 22.8 Å². The Morgan fingerprint density at radius 2 is 2.31 bits per heavy atom. The van der Waals surface area contributed by atoms with Gasteiger partial charge in [0.25, 0.3) is 6.43 Å². The molecule has 0 saturated carbocycles. The lowest BCUT2D eigenvalue weighted by Gasteiger charge is -2.08. The van der Waals surface area contributed by atoms with Crippen LogP contribution < -0.4 is 5.73 Å². The molecule has 0 bridgehead atoms. The minimum Gasteiger partial charge on any atom is -0.469 e. The van der Waals surface area contributed by atoms with Crippen molar-refractivity contribution in [3.63, 3.8) is 0 Å². The van der Waals surface area contributed by atoms with Crippen molar-refractivity contribution in [2.45, 2.75) is 12.8 Å². The van der Waals surface area contributed by atoms with Gasteiger partial charge in [-0.25, -0.2) is 13.8 Å². The number of methoxy groups -OCH3 is 1. The topological polar surface area (TPSA) is 65.2 Å². The zero-order valence-electron chi connectivity index (χ0n) is 8.34. The second kappa shape index (κ2) is 5.07. The average Bonchev–Trinajstić information content (AvgIpc) is 2.23. The number of carbonyl (C=O) groups excluding carboxylic acids is 1. The van der Waals surface area contributed by atoms with Gasteiger partial charge in [-0.05, 0) is 11.6 Å². The molecule has 0 radical (unpaired) electrons. The van der Waals surface area contributed by atoms with Gasteiger partial charge in [0.15, 0.2) is 0 Å². The molecular weight excluding hydrogens is 242 g/mol. The van der Waals surface area contributed by atoms with Gasteiger partial charge in [0.05, 0.1) is 18.6 Å². The summed E-state index contributed by atoms with van der Waals surface area (Å²) in [5.74, 6) is -0.814. The van der Waals surface area contributed by atoms with Crippen LogP contribution in [0, 0.1) is 0 Å². The van der Waals surface area contributed by atoms with Crippen molar-refractivity contribution < 1.29 is 18.3 Å². The maximum Gasteiger partial charge on any atom is 0.310 e. The summed E-state index contributed by atoms with van der Waals surface area (Å²) in [5.41, 5.74) is 5.01. The fourth-order valence-electron chi connectivity index (χ4n) is 1.09. The third-order valence-electron chi connectivity index (χ3n) is 1.86. The molecule has 0 aliphatic heterocycles. The number of carbonyl (C=O) groups is 1. The number of anilines is 1. The number of nitrogen functional groups attached to an aromatic ring is 1. The number of hydrogen-bond acceptors (Lipinski definition) is 4. The SMILES string of the molecule is COC(=O)Cc1cc(C(F)F)nc(N)c1Cl. The van der Waals surface area contributed by atoms with E-state index in [9.17, 15) is 13.6 Å². The summed E-state index contributed by atoms with van der Waals surface area (Å²) in [5, 5.41) is -0.00481. The van der Waals surface area contributed by atoms with Crippen molar-refractivity contribution >= 4 is 23.4 Å². The van der Waals surface area contributed by atoms with Crippen LogP contribution in [0.15, 0.2) is 6.07 Å². The van der Waals surface area contributed by atoms with Crippen molar-refractivity contribution in [3.05, 3.63) is 22.3 Å². The summed E-state index contributed by atoms with van der Waals surface area (Å²) in [7, 11) is 1.19. The molecule has 1 aromatic heterocycles. The number of alkyl halides is 2. The number of rotatable bonds is 3. The van der Waals surface area contributed by atoms with Crippen molar-refractivity contribution in [1.29, 1.82) is 0 Å². The van der Waals surface area contributed by atoms with Crippen molar-refractivity contribution in [2.24, 2.45) is 0 Å². The van der Waals surface area contributed by atoms with Gasteiger partial charge < -0.3 is 10.5 Å². The Hall–Kier alpha value is -1.43. The summed E-state index contributed by atoms with van der Waals surface area (Å²) in [6.45, 7) is 0. The van der Waals surface area contributed by atoms with E-state index in [0.29, 0.717) is 0 Å². The quantitative estimate of drug-likeness (QED) is 0.833. The summed E-state index contributed by atoms with van der Waals surface area (Å²) < 4.78 is 29.2. The van der Waals surface area contributed by atoms with Crippen LogP contribution in [-0.4, -0.2) is 18.1 Å². The summed E-state index contributed by atoms with van der Waals surface area (Å²) in [6.07, 6.45) is -2.99. The van der Waals surface area contributed by atoms with Gasteiger partial charge in [0.2, 0.25) is 0 Å². The zero-order chi connectivity index (χ0) is 12.3. The Kier molecular flexibility index (Phi) is 4.00. The molecule has 0 fully saturated rings. The van der Waals surface area contributed by atoms with Crippen LogP contribution in [0.4, 0.5) is 14.6 Å². The molecule has 0 saturated heterocycles. The fraction of sp³-hybridized carbons (Fsp3) is 0.333. The van der Waals surface area contributed by atoms with Crippen LogP contribution in [0.2, 0.25) is 5.02 Å². The van der Waals surface area contributed by atoms with E-state index in [1.165, 1.54) is 7.11 Å². The van der Waals surface area contributed by atoms with Gasteiger partial charge in [-0.3, -0.25) is 4.79 Å². The van der Waals surface area contributed by atoms with Gasteiger partial charge in [-0.1, -0.05) is 11.6 Å². The van der Waals surface area contributed by atoms with Crippen LogP contribution in [0.5, 0.6) is 0 Å². The molecule has 0 aliphatic carbocycles. The molecule has 4 nitrogen and oxygen atoms in total. The molecule has 0 unspecified atom stereocenters. The molecule has 0 aliphatic rings. The molecule has 0 spiro atoms. The fourth-order valence-corrected chi connectivity index (χ4v) is 1.26. The molecule has 0 amide bonds. The first-order valence-electron chi connectivity index (χ1n) is 4.25. The summed E-state index contributed by atoms with van der Waals surface area (Å²) in [6, 6.07) is 1.04. The molecule has 1 heterocycles. The molecule has 16 heavy (non-hydrogen) atoms. The van der Waals surface area contributed by atoms with Gasteiger partial charge in [0.1, 0.15) is 11.5 Å². The molecule has 2 N–H and O–H groups in total. The van der Waals surface area contributed by atoms with E-state index >= 15 is 0 Å². The van der Waals surface area contributed by atoms with Gasteiger partial charge in [-0.15, -0.1) is 0 Å². The van der Waals surface area contributed by atoms with Crippen molar-refractivity contribution in [1.82, 2.24) is 4.98 Å². The lowest BCUT2D eigenvalue weighted by atomic mass is 10.1. The second-order valence-corrected chi connectivity index (χ2v) is 3.34. The third kappa shape index (κ3) is 2.79. The Bertz CT molecular complexity index is 413. The molecule has 7 heteroatoms. The third-order valence-corrected chi connectivity index (χ3v) is 2.30. The first-order chi connectivity index (χ1) is 7.45. The zero-order valence-corrected chi connectivity index (χ0v) is 9.09. The standard InChI is InChI=1S/C9H9ClF2N2O2/c1-16-6(15)3-4-2-5(8(11)12)14-9(13)7(4)10/h2,8H,3H2,1H3,(H2,13,14). The highest BCUT2D eigenvalue weighted by Gasteiger charge is 2.17. The average molecular weight is 251 g/mol. The van der Waals surface area contributed by atoms with Gasteiger partial charge >= 0.3 is 5.97 Å². The number of nitrogens with two attached hydrogens (primary N) is 1. The van der Waals surface area contributed by atoms with Crippen molar-refractivity contribution in [2.75, 3.05) is 12.8 Å². The minimum absolute atomic E-state index is 0.00481. The highest BCUT2D eigenvalue weighted by molar-refractivity contribution is 6.33. The van der Waals surface area contributed by atoms with Crippen LogP contribution in [-0.2, 0) is 16.0 Å². The number of halogens is 3. The maximum atomic E-state index is 12.4. The number of hydrogen-bond donors (Lipinski definition) is 1. The van der Waals surface area contributed by atoms with Crippen LogP contribution >= 0.6 is 11.6 Å². The van der Waals surface area contributed by atoms with E-state index in [1.807, 2.05) is 0 Å². The van der Waals surface area contributed by atoms with Crippen LogP contribution in [0.3, 0.4) is 0 Å². The van der Waals surface area contributed by atoms with Gasteiger partial charge in [0, 0.05) is 0 Å². The Labute approximate surface area is 95.4 Å². The number of ether oxygens (including phenoxy) is 1. The Balaban J connectivity index is 3.11. The van der Waals surface area contributed by atoms with Crippen molar-refractivity contribution in [3.8, 4) is 0 Å². The monoisotopic (exact) mass is 250 g/mol. The molecule has 88 valence electrons. The van der Waals surface area contributed by atoms with E-state index in [0.717, 1.165) is 6.07 Å². The largest absolute Gasteiger partial charge is 0.469 e. The van der Waals surface area contributed by atoms with E-state index in [4.69, 9.17) is 17.3 Å². The van der Waals surface area contributed by atoms with Crippen LogP contribution in [0.1, 0.15) is 17.7 Å². The highest BCUT2D eigenvalue weighted by atomic mass is 35.5. The minimum atomic E-state index is -2.77. The van der Waals surface area contributed by atoms with E-state index in [1.54, 1.807) is 0 Å². The van der Waals surface area contributed by atoms with E-state index < -0.39 is 18.1 Å². The number of esters is 1. The van der Waals surface area contributed by atoms with Crippen LogP contribution in [0.25, 0.3) is 0 Å². The highest BCUT2D eigenvalue weighted by Crippen LogP contribution is 2.27. The molecule has 0 aromatic carbocycles. The van der Waals surface area contributed by atoms with E-state index in [2.05, 4.69) is 9.72 Å². The lowest BCUT2D eigenvalue weighted by molar-refractivity contribution is -0.139. The van der Waals surface area contributed by atoms with Gasteiger partial charge in [-0.2, -0.15) is 0 Å². The molecule has 1 aromatic rings. The number of aromatic nitrogens is 1. The lowest BCUT2D eigenvalue weighted by Crippen LogP contribution is -2.08. The predicted octanol–water partition coefficient (Wildman–Crippen LogP) is 1.97. The second-order valence-electron chi connectivity index (χ2n) is 2.96. The molecule has 0 atom stereocenters. The Morgan fingerprint density at radius 1 is 1.69 bits per heavy atom. The first kappa shape index (κ1) is 12.6. The molecule has 1 rings (SSSR count). The normalized spacial score (nSPS) is 10.6. The smallest absolute Gasteiger partial charge is 0.310 e. The number of nitrogens with zero attached hydrogens (tertiary/aromatic N) is 1. The number of pyridine rings is 1.